The molecule has 0 aliphatic carbocycles. The Bertz CT molecular complexity index is 815. The second-order valence-corrected chi connectivity index (χ2v) is 7.93. The number of likely N-dealkylation sites (tertiary alicyclic amines) is 1. The van der Waals surface area contributed by atoms with Crippen molar-refractivity contribution in [2.45, 2.75) is 30.8 Å². The third kappa shape index (κ3) is 2.72. The molecule has 0 spiro atoms. The maximum atomic E-state index is 13.3. The summed E-state index contributed by atoms with van der Waals surface area (Å²) in [5.74, 6) is 1.97. The van der Waals surface area contributed by atoms with Crippen molar-refractivity contribution in [3.63, 3.8) is 0 Å². The molecule has 5 heteroatoms. The van der Waals surface area contributed by atoms with E-state index < -0.39 is 0 Å². The number of piperidine rings is 3. The summed E-state index contributed by atoms with van der Waals surface area (Å²) in [6.45, 7) is 3.10. The van der Waals surface area contributed by atoms with Crippen LogP contribution < -0.4 is 4.74 Å². The first-order chi connectivity index (χ1) is 13.3. The van der Waals surface area contributed by atoms with Gasteiger partial charge in [0.15, 0.2) is 0 Å². The predicted molar refractivity (Wildman–Crippen MR) is 103 cm³/mol. The number of rotatable bonds is 3. The topological polar surface area (TPSA) is 45.7 Å². The van der Waals surface area contributed by atoms with Crippen molar-refractivity contribution in [3.8, 4) is 5.75 Å². The zero-order valence-corrected chi connectivity index (χ0v) is 15.6. The molecular formula is C22H25N3O2. The van der Waals surface area contributed by atoms with Gasteiger partial charge in [-0.1, -0.05) is 12.1 Å². The first kappa shape index (κ1) is 16.8. The molecule has 1 aromatic carbocycles. The number of hydrogen-bond acceptors (Lipinski definition) is 4. The van der Waals surface area contributed by atoms with Gasteiger partial charge in [-0.05, 0) is 61.7 Å². The molecule has 2 bridgehead atoms. The van der Waals surface area contributed by atoms with E-state index in [-0.39, 0.29) is 5.91 Å². The summed E-state index contributed by atoms with van der Waals surface area (Å²) in [6.07, 6.45) is 5.82. The van der Waals surface area contributed by atoms with E-state index in [1.807, 2.05) is 24.3 Å². The summed E-state index contributed by atoms with van der Waals surface area (Å²) in [5, 5.41) is 0. The lowest BCUT2D eigenvalue weighted by Crippen LogP contribution is -2.60. The van der Waals surface area contributed by atoms with E-state index in [0.29, 0.717) is 29.5 Å². The van der Waals surface area contributed by atoms with Crippen LogP contribution in [0.4, 0.5) is 0 Å². The van der Waals surface area contributed by atoms with Crippen LogP contribution in [-0.4, -0.2) is 59.5 Å². The lowest BCUT2D eigenvalue weighted by molar-refractivity contribution is -0.00342. The molecule has 0 radical (unpaired) electrons. The molecule has 5 nitrogen and oxygen atoms in total. The van der Waals surface area contributed by atoms with Crippen molar-refractivity contribution in [2.75, 3.05) is 26.7 Å². The first-order valence-electron chi connectivity index (χ1n) is 9.85. The normalized spacial score (nSPS) is 31.6. The molecule has 1 amide bonds. The summed E-state index contributed by atoms with van der Waals surface area (Å²) in [7, 11) is 1.70. The van der Waals surface area contributed by atoms with Crippen molar-refractivity contribution in [3.05, 3.63) is 59.9 Å². The van der Waals surface area contributed by atoms with Gasteiger partial charge in [-0.2, -0.15) is 0 Å². The quantitative estimate of drug-likeness (QED) is 0.841. The molecule has 5 heterocycles. The number of carbonyl (C=O) groups excluding carboxylic acids is 1. The zero-order valence-electron chi connectivity index (χ0n) is 15.6. The number of pyridine rings is 1. The van der Waals surface area contributed by atoms with Crippen LogP contribution in [0.15, 0.2) is 48.8 Å². The van der Waals surface area contributed by atoms with Crippen LogP contribution in [0.3, 0.4) is 0 Å². The van der Waals surface area contributed by atoms with Crippen molar-refractivity contribution in [1.29, 1.82) is 0 Å². The fourth-order valence-electron chi connectivity index (χ4n) is 5.45. The molecule has 6 rings (SSSR count). The zero-order chi connectivity index (χ0) is 18.4. The number of methoxy groups -OCH3 is 1. The maximum Gasteiger partial charge on any atom is 0.255 e. The lowest BCUT2D eigenvalue weighted by atomic mass is 9.75. The SMILES string of the molecule is COc1ccc([C@@H]2CN(C(=O)c3cccnc3)[C@@H]3C4CCN(CC4)[C@@H]32)cc1. The van der Waals surface area contributed by atoms with Gasteiger partial charge in [0.1, 0.15) is 5.75 Å². The van der Waals surface area contributed by atoms with E-state index in [1.165, 1.54) is 18.4 Å². The Morgan fingerprint density at radius 1 is 1.11 bits per heavy atom. The summed E-state index contributed by atoms with van der Waals surface area (Å²) < 4.78 is 5.32. The van der Waals surface area contributed by atoms with Crippen LogP contribution in [0.1, 0.15) is 34.7 Å². The largest absolute Gasteiger partial charge is 0.497 e. The minimum Gasteiger partial charge on any atom is -0.497 e. The molecule has 1 aromatic heterocycles. The van der Waals surface area contributed by atoms with Gasteiger partial charge in [0.05, 0.1) is 18.7 Å². The molecule has 3 atom stereocenters. The van der Waals surface area contributed by atoms with Crippen LogP contribution in [0.2, 0.25) is 0 Å². The van der Waals surface area contributed by atoms with Crippen LogP contribution >= 0.6 is 0 Å². The molecule has 27 heavy (non-hydrogen) atoms. The Hall–Kier alpha value is -2.40. The number of ether oxygens (including phenoxy) is 1. The lowest BCUT2D eigenvalue weighted by Gasteiger charge is -2.51. The van der Waals surface area contributed by atoms with Crippen molar-refractivity contribution in [1.82, 2.24) is 14.8 Å². The highest BCUT2D eigenvalue weighted by molar-refractivity contribution is 5.94. The summed E-state index contributed by atoms with van der Waals surface area (Å²) in [5.41, 5.74) is 2.00. The standard InChI is InChI=1S/C22H25N3O2/c1-27-18-6-4-15(5-7-18)19-14-25(22(26)17-3-2-10-23-13-17)20-16-8-11-24(12-9-16)21(19)20/h2-7,10,13,16,19-21H,8-9,11-12,14H2,1H3/t19-,20+,21+/m0/s1. The van der Waals surface area contributed by atoms with Crippen molar-refractivity contribution < 1.29 is 9.53 Å². The van der Waals surface area contributed by atoms with Crippen molar-refractivity contribution in [2.24, 2.45) is 5.92 Å². The van der Waals surface area contributed by atoms with Crippen LogP contribution in [0.5, 0.6) is 5.75 Å². The molecule has 4 saturated heterocycles. The summed E-state index contributed by atoms with van der Waals surface area (Å²) in [6, 6.07) is 12.9. The Morgan fingerprint density at radius 2 is 1.89 bits per heavy atom. The molecule has 0 saturated carbocycles. The second kappa shape index (κ2) is 6.64. The van der Waals surface area contributed by atoms with Gasteiger partial charge in [0.2, 0.25) is 0 Å². The van der Waals surface area contributed by atoms with Gasteiger partial charge < -0.3 is 9.64 Å². The molecule has 140 valence electrons. The Balaban J connectivity index is 1.50. The molecule has 4 aliphatic rings. The molecule has 4 aliphatic heterocycles. The number of carbonyl (C=O) groups is 1. The van der Waals surface area contributed by atoms with E-state index in [9.17, 15) is 4.79 Å². The second-order valence-electron chi connectivity index (χ2n) is 7.93. The van der Waals surface area contributed by atoms with Crippen LogP contribution in [-0.2, 0) is 0 Å². The highest BCUT2D eigenvalue weighted by Gasteiger charge is 2.54. The predicted octanol–water partition coefficient (Wildman–Crippen LogP) is 2.79. The van der Waals surface area contributed by atoms with Crippen molar-refractivity contribution >= 4 is 5.91 Å². The summed E-state index contributed by atoms with van der Waals surface area (Å²) >= 11 is 0. The molecule has 4 fully saturated rings. The van der Waals surface area contributed by atoms with Gasteiger partial charge in [0, 0.05) is 30.9 Å². The maximum absolute atomic E-state index is 13.3. The highest BCUT2D eigenvalue weighted by atomic mass is 16.5. The van der Waals surface area contributed by atoms with Gasteiger partial charge in [-0.25, -0.2) is 0 Å². The fraction of sp³-hybridized carbons (Fsp3) is 0.455. The van der Waals surface area contributed by atoms with Crippen LogP contribution in [0, 0.1) is 5.92 Å². The number of amides is 1. The van der Waals surface area contributed by atoms with E-state index in [2.05, 4.69) is 26.9 Å². The minimum atomic E-state index is 0.128. The number of benzene rings is 1. The fourth-order valence-corrected chi connectivity index (χ4v) is 5.45. The average molecular weight is 363 g/mol. The van der Waals surface area contributed by atoms with E-state index in [0.717, 1.165) is 25.4 Å². The first-order valence-corrected chi connectivity index (χ1v) is 9.85. The van der Waals surface area contributed by atoms with Crippen LogP contribution in [0.25, 0.3) is 0 Å². The number of aromatic nitrogens is 1. The molecule has 0 unspecified atom stereocenters. The third-order valence-corrected chi connectivity index (χ3v) is 6.71. The van der Waals surface area contributed by atoms with E-state index in [1.54, 1.807) is 19.5 Å². The molecule has 0 N–H and O–H groups in total. The van der Waals surface area contributed by atoms with E-state index >= 15 is 0 Å². The number of fused-ring (bicyclic) bond motifs is 2. The summed E-state index contributed by atoms with van der Waals surface area (Å²) in [4.78, 5) is 22.2. The average Bonchev–Trinajstić information content (AvgIpc) is 3.18. The Labute approximate surface area is 159 Å². The van der Waals surface area contributed by atoms with Gasteiger partial charge in [-0.3, -0.25) is 14.7 Å². The molecule has 2 aromatic rings. The smallest absolute Gasteiger partial charge is 0.255 e. The number of hydrogen-bond donors (Lipinski definition) is 0. The molecular weight excluding hydrogens is 338 g/mol. The highest BCUT2D eigenvalue weighted by Crippen LogP contribution is 2.47. The van der Waals surface area contributed by atoms with E-state index in [4.69, 9.17) is 4.74 Å². The number of nitrogens with zero attached hydrogens (tertiary/aromatic N) is 3. The monoisotopic (exact) mass is 363 g/mol. The van der Waals surface area contributed by atoms with Gasteiger partial charge in [-0.15, -0.1) is 0 Å². The Kier molecular flexibility index (Phi) is 4.12. The van der Waals surface area contributed by atoms with Gasteiger partial charge >= 0.3 is 0 Å². The third-order valence-electron chi connectivity index (χ3n) is 6.71. The minimum absolute atomic E-state index is 0.128. The van der Waals surface area contributed by atoms with Gasteiger partial charge in [0.25, 0.3) is 5.91 Å². The Morgan fingerprint density at radius 3 is 2.56 bits per heavy atom.